The predicted molar refractivity (Wildman–Crippen MR) is 86.2 cm³/mol. The lowest BCUT2D eigenvalue weighted by Crippen LogP contribution is -2.23. The zero-order chi connectivity index (χ0) is 15.4. The molecule has 0 aliphatic carbocycles. The fourth-order valence-electron chi connectivity index (χ4n) is 2.83. The van der Waals surface area contributed by atoms with Gasteiger partial charge in [-0.3, -0.25) is 9.58 Å². The Labute approximate surface area is 130 Å². The van der Waals surface area contributed by atoms with Crippen LogP contribution in [0.25, 0.3) is 0 Å². The van der Waals surface area contributed by atoms with Gasteiger partial charge < -0.3 is 11.1 Å². The average Bonchev–Trinajstić information content (AvgIpc) is 2.78. The monoisotopic (exact) mass is 301 g/mol. The molecule has 118 valence electrons. The maximum Gasteiger partial charge on any atom is 0.221 e. The smallest absolute Gasteiger partial charge is 0.221 e. The lowest BCUT2D eigenvalue weighted by atomic mass is 10.3. The summed E-state index contributed by atoms with van der Waals surface area (Å²) in [5.74, 6) is 1.00. The molecule has 7 nitrogen and oxygen atoms in total. The van der Waals surface area contributed by atoms with Gasteiger partial charge in [-0.05, 0) is 31.5 Å². The molecule has 0 atom stereocenters. The second-order valence-electron chi connectivity index (χ2n) is 5.63. The Kier molecular flexibility index (Phi) is 4.53. The van der Waals surface area contributed by atoms with Crippen molar-refractivity contribution < 1.29 is 0 Å². The second kappa shape index (κ2) is 6.74. The Morgan fingerprint density at radius 1 is 1.36 bits per heavy atom. The van der Waals surface area contributed by atoms with Gasteiger partial charge in [0.2, 0.25) is 5.95 Å². The third-order valence-corrected chi connectivity index (χ3v) is 3.81. The Hall–Kier alpha value is -2.15. The van der Waals surface area contributed by atoms with Gasteiger partial charge in [0.05, 0.1) is 17.9 Å². The van der Waals surface area contributed by atoms with Gasteiger partial charge in [-0.25, -0.2) is 4.98 Å². The van der Waals surface area contributed by atoms with Crippen LogP contribution in [0.2, 0.25) is 0 Å². The van der Waals surface area contributed by atoms with Gasteiger partial charge in [-0.1, -0.05) is 6.92 Å². The second-order valence-corrected chi connectivity index (χ2v) is 5.63. The molecule has 0 radical (unpaired) electrons. The molecule has 2 aromatic rings. The predicted octanol–water partition coefficient (Wildman–Crippen LogP) is 1.48. The van der Waals surface area contributed by atoms with E-state index in [4.69, 9.17) is 10.8 Å². The Bertz CT molecular complexity index is 622. The Balaban J connectivity index is 1.65. The van der Waals surface area contributed by atoms with Gasteiger partial charge in [-0.15, -0.1) is 0 Å². The SMILES string of the molecule is CCCN1CCCn2nc(CNc3ccnc(N)n3)cc2C1. The van der Waals surface area contributed by atoms with Gasteiger partial charge in [0.1, 0.15) is 5.82 Å². The molecule has 22 heavy (non-hydrogen) atoms. The lowest BCUT2D eigenvalue weighted by molar-refractivity contribution is 0.270. The van der Waals surface area contributed by atoms with Crippen molar-refractivity contribution in [2.24, 2.45) is 0 Å². The fourth-order valence-corrected chi connectivity index (χ4v) is 2.83. The molecule has 3 heterocycles. The molecule has 1 aliphatic heterocycles. The fraction of sp³-hybridized carbons (Fsp3) is 0.533. The van der Waals surface area contributed by atoms with Crippen molar-refractivity contribution in [3.05, 3.63) is 29.7 Å². The zero-order valence-electron chi connectivity index (χ0n) is 13.0. The van der Waals surface area contributed by atoms with Gasteiger partial charge in [0.25, 0.3) is 0 Å². The number of hydrogen-bond acceptors (Lipinski definition) is 6. The molecular formula is C15H23N7. The summed E-state index contributed by atoms with van der Waals surface area (Å²) in [5, 5.41) is 7.94. The normalized spacial score (nSPS) is 15.3. The van der Waals surface area contributed by atoms with Gasteiger partial charge in [-0.2, -0.15) is 10.1 Å². The molecule has 0 fully saturated rings. The highest BCUT2D eigenvalue weighted by Gasteiger charge is 2.15. The van der Waals surface area contributed by atoms with Crippen molar-refractivity contribution in [3.63, 3.8) is 0 Å². The van der Waals surface area contributed by atoms with E-state index in [-0.39, 0.29) is 5.95 Å². The number of anilines is 2. The standard InChI is InChI=1S/C15H23N7/c1-2-6-21-7-3-8-22-13(11-21)9-12(20-22)10-18-14-4-5-17-15(16)19-14/h4-5,9H,2-3,6-8,10-11H2,1H3,(H3,16,17,18,19). The summed E-state index contributed by atoms with van der Waals surface area (Å²) in [5.41, 5.74) is 7.91. The highest BCUT2D eigenvalue weighted by Crippen LogP contribution is 2.15. The lowest BCUT2D eigenvalue weighted by Gasteiger charge is -2.17. The number of aryl methyl sites for hydroxylation is 1. The van der Waals surface area contributed by atoms with Gasteiger partial charge in [0, 0.05) is 25.8 Å². The van der Waals surface area contributed by atoms with Gasteiger partial charge in [0.15, 0.2) is 0 Å². The molecular weight excluding hydrogens is 278 g/mol. The third kappa shape index (κ3) is 3.54. The van der Waals surface area contributed by atoms with Crippen LogP contribution in [0, 0.1) is 0 Å². The Morgan fingerprint density at radius 2 is 2.27 bits per heavy atom. The first kappa shape index (κ1) is 14.8. The van der Waals surface area contributed by atoms with E-state index >= 15 is 0 Å². The topological polar surface area (TPSA) is 84.9 Å². The molecule has 0 amide bonds. The van der Waals surface area contributed by atoms with Crippen molar-refractivity contribution in [2.45, 2.75) is 39.4 Å². The van der Waals surface area contributed by atoms with Crippen molar-refractivity contribution >= 4 is 11.8 Å². The average molecular weight is 301 g/mol. The van der Waals surface area contributed by atoms with Crippen molar-refractivity contribution in [1.29, 1.82) is 0 Å². The van der Waals surface area contributed by atoms with Crippen LogP contribution in [-0.4, -0.2) is 37.7 Å². The van der Waals surface area contributed by atoms with E-state index in [9.17, 15) is 0 Å². The van der Waals surface area contributed by atoms with Crippen LogP contribution in [0.5, 0.6) is 0 Å². The van der Waals surface area contributed by atoms with Crippen LogP contribution in [0.4, 0.5) is 11.8 Å². The Morgan fingerprint density at radius 3 is 3.09 bits per heavy atom. The first-order valence-electron chi connectivity index (χ1n) is 7.85. The van der Waals surface area contributed by atoms with E-state index in [1.54, 1.807) is 12.3 Å². The molecule has 0 bridgehead atoms. The number of nitrogens with two attached hydrogens (primary N) is 1. The first-order chi connectivity index (χ1) is 10.7. The minimum absolute atomic E-state index is 0.279. The summed E-state index contributed by atoms with van der Waals surface area (Å²) in [6.45, 7) is 7.16. The minimum Gasteiger partial charge on any atom is -0.368 e. The van der Waals surface area contributed by atoms with E-state index < -0.39 is 0 Å². The summed E-state index contributed by atoms with van der Waals surface area (Å²) in [6, 6.07) is 3.99. The summed E-state index contributed by atoms with van der Waals surface area (Å²) in [7, 11) is 0. The van der Waals surface area contributed by atoms with Gasteiger partial charge >= 0.3 is 0 Å². The third-order valence-electron chi connectivity index (χ3n) is 3.81. The molecule has 0 aromatic carbocycles. The van der Waals surface area contributed by atoms with E-state index in [2.05, 4.69) is 37.9 Å². The first-order valence-corrected chi connectivity index (χ1v) is 7.85. The molecule has 3 N–H and O–H groups in total. The minimum atomic E-state index is 0.279. The van der Waals surface area contributed by atoms with Crippen LogP contribution < -0.4 is 11.1 Å². The number of nitrogens with zero attached hydrogens (tertiary/aromatic N) is 5. The zero-order valence-corrected chi connectivity index (χ0v) is 13.0. The molecule has 0 saturated heterocycles. The van der Waals surface area contributed by atoms with E-state index in [1.807, 2.05) is 0 Å². The van der Waals surface area contributed by atoms with E-state index in [0.29, 0.717) is 6.54 Å². The summed E-state index contributed by atoms with van der Waals surface area (Å²) in [4.78, 5) is 10.5. The van der Waals surface area contributed by atoms with Crippen LogP contribution in [0.15, 0.2) is 18.3 Å². The summed E-state index contributed by atoms with van der Waals surface area (Å²) >= 11 is 0. The van der Waals surface area contributed by atoms with Crippen molar-refractivity contribution in [3.8, 4) is 0 Å². The molecule has 0 unspecified atom stereocenters. The molecule has 7 heteroatoms. The number of hydrogen-bond donors (Lipinski definition) is 2. The number of fused-ring (bicyclic) bond motifs is 1. The van der Waals surface area contributed by atoms with Crippen LogP contribution in [0.3, 0.4) is 0 Å². The largest absolute Gasteiger partial charge is 0.368 e. The van der Waals surface area contributed by atoms with Crippen LogP contribution >= 0.6 is 0 Å². The number of rotatable bonds is 5. The van der Waals surface area contributed by atoms with Crippen LogP contribution in [0.1, 0.15) is 31.2 Å². The highest BCUT2D eigenvalue weighted by molar-refractivity contribution is 5.37. The number of aromatic nitrogens is 4. The maximum absolute atomic E-state index is 5.58. The maximum atomic E-state index is 5.58. The number of nitrogens with one attached hydrogen (secondary N) is 1. The van der Waals surface area contributed by atoms with E-state index in [0.717, 1.165) is 44.1 Å². The van der Waals surface area contributed by atoms with Crippen LogP contribution in [-0.2, 0) is 19.6 Å². The van der Waals surface area contributed by atoms with Crippen molar-refractivity contribution in [2.75, 3.05) is 24.1 Å². The number of nitrogen functional groups attached to an aromatic ring is 1. The molecule has 0 spiro atoms. The quantitative estimate of drug-likeness (QED) is 0.870. The summed E-state index contributed by atoms with van der Waals surface area (Å²) < 4.78 is 2.14. The molecule has 1 aliphatic rings. The van der Waals surface area contributed by atoms with E-state index in [1.165, 1.54) is 12.1 Å². The molecule has 3 rings (SSSR count). The van der Waals surface area contributed by atoms with Crippen molar-refractivity contribution in [1.82, 2.24) is 24.6 Å². The molecule has 2 aromatic heterocycles. The summed E-state index contributed by atoms with van der Waals surface area (Å²) in [6.07, 6.45) is 4.00. The highest BCUT2D eigenvalue weighted by atomic mass is 15.3. The molecule has 0 saturated carbocycles.